The number of esters is 1. The average Bonchev–Trinajstić information content (AvgIpc) is 3.24. The molecule has 0 N–H and O–H groups in total. The van der Waals surface area contributed by atoms with Crippen molar-refractivity contribution in [1.29, 1.82) is 0 Å². The van der Waals surface area contributed by atoms with Crippen molar-refractivity contribution in [3.05, 3.63) is 70.8 Å². The summed E-state index contributed by atoms with van der Waals surface area (Å²) in [5.74, 6) is -0.833. The van der Waals surface area contributed by atoms with Gasteiger partial charge in [0.05, 0.1) is 28.8 Å². The maximum Gasteiger partial charge on any atom is 0.327 e. The Morgan fingerprint density at radius 3 is 2.74 bits per heavy atom. The molecule has 0 saturated heterocycles. The fraction of sp³-hybridized carbons (Fsp3) is 0.333. The first-order chi connectivity index (χ1) is 16.7. The average molecular weight is 522 g/mol. The third-order valence-corrected chi connectivity index (χ3v) is 8.05. The number of aromatic nitrogens is 2. The van der Waals surface area contributed by atoms with Crippen LogP contribution in [0.3, 0.4) is 0 Å². The summed E-state index contributed by atoms with van der Waals surface area (Å²) in [6, 6.07) is 9.48. The number of hydrogen-bond donors (Lipinski definition) is 0. The van der Waals surface area contributed by atoms with Gasteiger partial charge in [0.25, 0.3) is 0 Å². The van der Waals surface area contributed by atoms with E-state index in [1.807, 2.05) is 0 Å². The second kappa shape index (κ2) is 10.3. The number of carbonyl (C=O) groups is 1. The van der Waals surface area contributed by atoms with Crippen LogP contribution < -0.4 is 4.74 Å². The first-order valence-electron chi connectivity index (χ1n) is 11.1. The van der Waals surface area contributed by atoms with Crippen LogP contribution in [0.1, 0.15) is 37.1 Å². The molecule has 35 heavy (non-hydrogen) atoms. The van der Waals surface area contributed by atoms with Crippen molar-refractivity contribution in [2.75, 3.05) is 13.7 Å². The minimum atomic E-state index is -3.93. The van der Waals surface area contributed by atoms with Crippen LogP contribution >= 0.6 is 11.6 Å². The highest BCUT2D eigenvalue weighted by Crippen LogP contribution is 2.38. The summed E-state index contributed by atoms with van der Waals surface area (Å²) < 4.78 is 54.2. The Bertz CT molecular complexity index is 1340. The predicted molar refractivity (Wildman–Crippen MR) is 127 cm³/mol. The standard InChI is InChI=1S/C24H25ClFN3O5S/c1-3-33-24(30)15-29-21-9-6-8-20(17(21)14-27-29)28(2)35(31,32)16-11-12-22(18(25)13-16)34-23-10-5-4-7-19(23)26/h4-5,7,10-14,20H,3,6,8-9,15H2,1-2H3. The molecule has 0 fully saturated rings. The van der Waals surface area contributed by atoms with Crippen LogP contribution in [-0.4, -0.2) is 42.1 Å². The Morgan fingerprint density at radius 1 is 1.26 bits per heavy atom. The normalized spacial score (nSPS) is 15.6. The third-order valence-electron chi connectivity index (χ3n) is 5.89. The Labute approximate surface area is 208 Å². The van der Waals surface area contributed by atoms with Gasteiger partial charge in [0.1, 0.15) is 12.3 Å². The zero-order valence-corrected chi connectivity index (χ0v) is 20.9. The SMILES string of the molecule is CCOC(=O)Cn1ncc2c1CCCC2N(C)S(=O)(=O)c1ccc(Oc2ccccc2F)c(Cl)c1. The molecule has 0 saturated carbocycles. The monoisotopic (exact) mass is 521 g/mol. The molecule has 0 bridgehead atoms. The van der Waals surface area contributed by atoms with E-state index in [0.29, 0.717) is 12.8 Å². The highest BCUT2D eigenvalue weighted by molar-refractivity contribution is 7.89. The van der Waals surface area contributed by atoms with Crippen LogP contribution in [0, 0.1) is 5.82 Å². The first kappa shape index (κ1) is 25.2. The van der Waals surface area contributed by atoms with Crippen molar-refractivity contribution in [3.63, 3.8) is 0 Å². The second-order valence-corrected chi connectivity index (χ2v) is 10.5. The molecule has 1 aliphatic rings. The highest BCUT2D eigenvalue weighted by atomic mass is 35.5. The van der Waals surface area contributed by atoms with Gasteiger partial charge in [-0.25, -0.2) is 12.8 Å². The van der Waals surface area contributed by atoms with E-state index in [1.165, 1.54) is 47.8 Å². The number of fused-ring (bicyclic) bond motifs is 1. The number of ether oxygens (including phenoxy) is 2. The number of para-hydroxylation sites is 1. The van der Waals surface area contributed by atoms with Crippen LogP contribution in [0.5, 0.6) is 11.5 Å². The minimum absolute atomic E-state index is 0.0167. The Morgan fingerprint density at radius 2 is 2.03 bits per heavy atom. The number of rotatable bonds is 8. The lowest BCUT2D eigenvalue weighted by Gasteiger charge is -2.31. The van der Waals surface area contributed by atoms with Crippen LogP contribution in [-0.2, 0) is 32.5 Å². The Kier molecular flexibility index (Phi) is 7.44. The molecule has 1 aromatic heterocycles. The molecule has 3 aromatic rings. The van der Waals surface area contributed by atoms with E-state index in [1.54, 1.807) is 23.9 Å². The molecule has 0 radical (unpaired) electrons. The zero-order chi connectivity index (χ0) is 25.2. The molecular weight excluding hydrogens is 497 g/mol. The van der Waals surface area contributed by atoms with Crippen molar-refractivity contribution < 1.29 is 27.1 Å². The lowest BCUT2D eigenvalue weighted by atomic mass is 9.93. The number of benzene rings is 2. The molecule has 0 amide bonds. The Hall–Kier alpha value is -2.95. The summed E-state index contributed by atoms with van der Waals surface area (Å²) >= 11 is 6.30. The van der Waals surface area contributed by atoms with E-state index in [2.05, 4.69) is 5.10 Å². The quantitative estimate of drug-likeness (QED) is 0.398. The number of hydrogen-bond acceptors (Lipinski definition) is 6. The number of halogens is 2. The van der Waals surface area contributed by atoms with Crippen LogP contribution in [0.4, 0.5) is 4.39 Å². The van der Waals surface area contributed by atoms with Crippen molar-refractivity contribution in [2.45, 2.75) is 43.7 Å². The van der Waals surface area contributed by atoms with E-state index in [-0.39, 0.29) is 34.6 Å². The fourth-order valence-corrected chi connectivity index (χ4v) is 5.82. The van der Waals surface area contributed by atoms with Crippen LogP contribution in [0.15, 0.2) is 53.6 Å². The summed E-state index contributed by atoms with van der Waals surface area (Å²) in [6.07, 6.45) is 3.65. The maximum absolute atomic E-state index is 13.9. The molecule has 0 aliphatic heterocycles. The molecular formula is C24H25ClFN3O5S. The summed E-state index contributed by atoms with van der Waals surface area (Å²) in [5.41, 5.74) is 1.58. The summed E-state index contributed by atoms with van der Waals surface area (Å²) in [7, 11) is -2.42. The molecule has 8 nitrogen and oxygen atoms in total. The summed E-state index contributed by atoms with van der Waals surface area (Å²) in [5, 5.41) is 4.34. The van der Waals surface area contributed by atoms with E-state index in [4.69, 9.17) is 21.1 Å². The maximum atomic E-state index is 13.9. The first-order valence-corrected chi connectivity index (χ1v) is 12.9. The lowest BCUT2D eigenvalue weighted by molar-refractivity contribution is -0.144. The third kappa shape index (κ3) is 5.19. The topological polar surface area (TPSA) is 90.7 Å². The smallest absolute Gasteiger partial charge is 0.327 e. The van der Waals surface area contributed by atoms with E-state index >= 15 is 0 Å². The molecule has 2 aromatic carbocycles. The molecule has 4 rings (SSSR count). The predicted octanol–water partition coefficient (Wildman–Crippen LogP) is 4.73. The van der Waals surface area contributed by atoms with Gasteiger partial charge >= 0.3 is 5.97 Å². The molecule has 1 atom stereocenters. The molecule has 1 heterocycles. The van der Waals surface area contributed by atoms with Gasteiger partial charge in [-0.3, -0.25) is 9.48 Å². The highest BCUT2D eigenvalue weighted by Gasteiger charge is 2.34. The molecule has 1 unspecified atom stereocenters. The van der Waals surface area contributed by atoms with Gasteiger partial charge in [0.15, 0.2) is 11.6 Å². The number of carbonyl (C=O) groups excluding carboxylic acids is 1. The van der Waals surface area contributed by atoms with Crippen molar-refractivity contribution in [2.24, 2.45) is 0 Å². The molecule has 1 aliphatic carbocycles. The largest absolute Gasteiger partial charge is 0.465 e. The minimum Gasteiger partial charge on any atom is -0.465 e. The van der Waals surface area contributed by atoms with Gasteiger partial charge in [-0.2, -0.15) is 9.40 Å². The van der Waals surface area contributed by atoms with Gasteiger partial charge in [-0.15, -0.1) is 0 Å². The zero-order valence-electron chi connectivity index (χ0n) is 19.3. The molecule has 0 spiro atoms. The van der Waals surface area contributed by atoms with Crippen LogP contribution in [0.2, 0.25) is 5.02 Å². The van der Waals surface area contributed by atoms with Gasteiger partial charge in [-0.1, -0.05) is 23.7 Å². The summed E-state index contributed by atoms with van der Waals surface area (Å²) in [4.78, 5) is 11.9. The fourth-order valence-electron chi connectivity index (χ4n) is 4.14. The van der Waals surface area contributed by atoms with Gasteiger partial charge in [-0.05, 0) is 56.5 Å². The van der Waals surface area contributed by atoms with Gasteiger partial charge in [0, 0.05) is 18.3 Å². The van der Waals surface area contributed by atoms with Gasteiger partial charge < -0.3 is 9.47 Å². The van der Waals surface area contributed by atoms with E-state index in [9.17, 15) is 17.6 Å². The number of sulfonamides is 1. The van der Waals surface area contributed by atoms with Crippen molar-refractivity contribution >= 4 is 27.6 Å². The van der Waals surface area contributed by atoms with Crippen molar-refractivity contribution in [1.82, 2.24) is 14.1 Å². The van der Waals surface area contributed by atoms with E-state index < -0.39 is 27.9 Å². The second-order valence-electron chi connectivity index (χ2n) is 8.06. The van der Waals surface area contributed by atoms with Crippen LogP contribution in [0.25, 0.3) is 0 Å². The van der Waals surface area contributed by atoms with Gasteiger partial charge in [0.2, 0.25) is 10.0 Å². The van der Waals surface area contributed by atoms with E-state index in [0.717, 1.165) is 17.7 Å². The molecule has 11 heteroatoms. The Balaban J connectivity index is 1.57. The molecule has 186 valence electrons. The number of nitrogens with zero attached hydrogens (tertiary/aromatic N) is 3. The van der Waals surface area contributed by atoms with Crippen molar-refractivity contribution in [3.8, 4) is 11.5 Å². The lowest BCUT2D eigenvalue weighted by Crippen LogP contribution is -2.33. The summed E-state index contributed by atoms with van der Waals surface area (Å²) in [6.45, 7) is 1.99.